The van der Waals surface area contributed by atoms with Crippen LogP contribution in [-0.4, -0.2) is 29.0 Å². The fourth-order valence-electron chi connectivity index (χ4n) is 1.47. The zero-order chi connectivity index (χ0) is 10.8. The van der Waals surface area contributed by atoms with E-state index in [0.29, 0.717) is 11.4 Å². The molecule has 0 atom stereocenters. The van der Waals surface area contributed by atoms with Crippen LogP contribution in [0.4, 0.5) is 11.5 Å². The van der Waals surface area contributed by atoms with Gasteiger partial charge in [-0.25, -0.2) is 4.98 Å². The summed E-state index contributed by atoms with van der Waals surface area (Å²) < 4.78 is 0. The first-order valence-corrected chi connectivity index (χ1v) is 4.75. The standard InChI is InChI=1S/C9H12N4O2/c1-6-2-3-11-9(8(6)13(14)15)12-7-4-10-5-7/h2-3,7,10H,4-5H2,1H3,(H,11,12). The zero-order valence-electron chi connectivity index (χ0n) is 8.36. The molecule has 1 aromatic heterocycles. The van der Waals surface area contributed by atoms with Crippen molar-refractivity contribution in [2.24, 2.45) is 0 Å². The van der Waals surface area contributed by atoms with Gasteiger partial charge in [-0.1, -0.05) is 0 Å². The van der Waals surface area contributed by atoms with E-state index in [2.05, 4.69) is 15.6 Å². The summed E-state index contributed by atoms with van der Waals surface area (Å²) in [5.74, 6) is 0.367. The molecule has 2 rings (SSSR count). The molecule has 0 radical (unpaired) electrons. The number of hydrogen-bond acceptors (Lipinski definition) is 5. The van der Waals surface area contributed by atoms with E-state index >= 15 is 0 Å². The minimum absolute atomic E-state index is 0.0735. The van der Waals surface area contributed by atoms with Gasteiger partial charge in [0.25, 0.3) is 0 Å². The summed E-state index contributed by atoms with van der Waals surface area (Å²) in [6.45, 7) is 3.36. The van der Waals surface area contributed by atoms with Crippen molar-refractivity contribution in [1.29, 1.82) is 0 Å². The second-order valence-corrected chi connectivity index (χ2v) is 3.58. The lowest BCUT2D eigenvalue weighted by molar-refractivity contribution is -0.384. The third-order valence-corrected chi connectivity index (χ3v) is 2.43. The van der Waals surface area contributed by atoms with Gasteiger partial charge in [-0.2, -0.15) is 0 Å². The second-order valence-electron chi connectivity index (χ2n) is 3.58. The minimum Gasteiger partial charge on any atom is -0.359 e. The molecule has 0 bridgehead atoms. The van der Waals surface area contributed by atoms with E-state index in [9.17, 15) is 10.1 Å². The molecule has 0 saturated carbocycles. The summed E-state index contributed by atoms with van der Waals surface area (Å²) in [6.07, 6.45) is 1.58. The average molecular weight is 208 g/mol. The molecule has 1 fully saturated rings. The highest BCUT2D eigenvalue weighted by atomic mass is 16.6. The van der Waals surface area contributed by atoms with Crippen LogP contribution in [0.3, 0.4) is 0 Å². The Balaban J connectivity index is 2.27. The lowest BCUT2D eigenvalue weighted by atomic mass is 10.1. The van der Waals surface area contributed by atoms with Gasteiger partial charge in [0.1, 0.15) is 0 Å². The fraction of sp³-hybridized carbons (Fsp3) is 0.444. The summed E-state index contributed by atoms with van der Waals surface area (Å²) in [6, 6.07) is 1.89. The van der Waals surface area contributed by atoms with E-state index < -0.39 is 4.92 Å². The van der Waals surface area contributed by atoms with Crippen LogP contribution in [0, 0.1) is 17.0 Å². The van der Waals surface area contributed by atoms with Gasteiger partial charge in [0.15, 0.2) is 0 Å². The van der Waals surface area contributed by atoms with Crippen LogP contribution >= 0.6 is 0 Å². The van der Waals surface area contributed by atoms with E-state index in [0.717, 1.165) is 13.1 Å². The van der Waals surface area contributed by atoms with Crippen molar-refractivity contribution in [3.05, 3.63) is 27.9 Å². The van der Waals surface area contributed by atoms with Gasteiger partial charge in [-0.15, -0.1) is 0 Å². The van der Waals surface area contributed by atoms with Gasteiger partial charge in [0.05, 0.1) is 11.0 Å². The van der Waals surface area contributed by atoms with Gasteiger partial charge in [0.2, 0.25) is 5.82 Å². The van der Waals surface area contributed by atoms with Crippen molar-refractivity contribution >= 4 is 11.5 Å². The van der Waals surface area contributed by atoms with E-state index in [1.807, 2.05) is 0 Å². The predicted molar refractivity (Wildman–Crippen MR) is 55.9 cm³/mol. The maximum Gasteiger partial charge on any atom is 0.314 e. The molecule has 0 aromatic carbocycles. The summed E-state index contributed by atoms with van der Waals surface area (Å²) >= 11 is 0. The van der Waals surface area contributed by atoms with Crippen LogP contribution in [0.25, 0.3) is 0 Å². The monoisotopic (exact) mass is 208 g/mol. The van der Waals surface area contributed by atoms with Crippen LogP contribution in [0.5, 0.6) is 0 Å². The molecular weight excluding hydrogens is 196 g/mol. The smallest absolute Gasteiger partial charge is 0.314 e. The first-order chi connectivity index (χ1) is 7.18. The third kappa shape index (κ3) is 1.89. The van der Waals surface area contributed by atoms with E-state index in [4.69, 9.17) is 0 Å². The molecule has 15 heavy (non-hydrogen) atoms. The molecule has 0 spiro atoms. The molecule has 0 unspecified atom stereocenters. The Morgan fingerprint density at radius 3 is 2.93 bits per heavy atom. The predicted octanol–water partition coefficient (Wildman–Crippen LogP) is 0.682. The van der Waals surface area contributed by atoms with Gasteiger partial charge in [0, 0.05) is 24.8 Å². The maximum absolute atomic E-state index is 10.8. The largest absolute Gasteiger partial charge is 0.359 e. The topological polar surface area (TPSA) is 80.1 Å². The quantitative estimate of drug-likeness (QED) is 0.564. The molecule has 6 heteroatoms. The zero-order valence-corrected chi connectivity index (χ0v) is 8.36. The van der Waals surface area contributed by atoms with Crippen molar-refractivity contribution < 1.29 is 4.92 Å². The van der Waals surface area contributed by atoms with Crippen LogP contribution < -0.4 is 10.6 Å². The normalized spacial score (nSPS) is 15.8. The Morgan fingerprint density at radius 1 is 1.67 bits per heavy atom. The minimum atomic E-state index is -0.392. The number of aromatic nitrogens is 1. The van der Waals surface area contributed by atoms with Crippen LogP contribution in [0.2, 0.25) is 0 Å². The van der Waals surface area contributed by atoms with E-state index in [1.54, 1.807) is 19.2 Å². The first kappa shape index (κ1) is 9.85. The Hall–Kier alpha value is -1.69. The molecule has 2 heterocycles. The Morgan fingerprint density at radius 2 is 2.40 bits per heavy atom. The number of nitrogens with one attached hydrogen (secondary N) is 2. The SMILES string of the molecule is Cc1ccnc(NC2CNC2)c1[N+](=O)[O-]. The van der Waals surface area contributed by atoms with Crippen molar-refractivity contribution in [2.75, 3.05) is 18.4 Å². The third-order valence-electron chi connectivity index (χ3n) is 2.43. The molecule has 0 aliphatic carbocycles. The van der Waals surface area contributed by atoms with Crippen molar-refractivity contribution in [3.8, 4) is 0 Å². The van der Waals surface area contributed by atoms with Crippen LogP contribution in [0.15, 0.2) is 12.3 Å². The number of anilines is 1. The highest BCUT2D eigenvalue weighted by Gasteiger charge is 2.23. The van der Waals surface area contributed by atoms with Crippen molar-refractivity contribution in [2.45, 2.75) is 13.0 Å². The summed E-state index contributed by atoms with van der Waals surface area (Å²) in [5.41, 5.74) is 0.703. The molecule has 80 valence electrons. The number of nitrogens with zero attached hydrogens (tertiary/aromatic N) is 2. The van der Waals surface area contributed by atoms with Crippen LogP contribution in [0.1, 0.15) is 5.56 Å². The number of pyridine rings is 1. The van der Waals surface area contributed by atoms with Crippen molar-refractivity contribution in [3.63, 3.8) is 0 Å². The number of hydrogen-bond donors (Lipinski definition) is 2. The fourth-order valence-corrected chi connectivity index (χ4v) is 1.47. The molecule has 1 aliphatic heterocycles. The highest BCUT2D eigenvalue weighted by Crippen LogP contribution is 2.26. The average Bonchev–Trinajstić information content (AvgIpc) is 2.10. The molecule has 6 nitrogen and oxygen atoms in total. The van der Waals surface area contributed by atoms with E-state index in [-0.39, 0.29) is 11.7 Å². The van der Waals surface area contributed by atoms with Gasteiger partial charge < -0.3 is 10.6 Å². The molecule has 0 amide bonds. The van der Waals surface area contributed by atoms with Gasteiger partial charge in [-0.05, 0) is 13.0 Å². The van der Waals surface area contributed by atoms with Gasteiger partial charge in [-0.3, -0.25) is 10.1 Å². The molecule has 1 aliphatic rings. The molecular formula is C9H12N4O2. The Kier molecular flexibility index (Phi) is 2.51. The van der Waals surface area contributed by atoms with Crippen LogP contribution in [-0.2, 0) is 0 Å². The number of aryl methyl sites for hydroxylation is 1. The Bertz CT molecular complexity index is 390. The highest BCUT2D eigenvalue weighted by molar-refractivity contribution is 5.60. The first-order valence-electron chi connectivity index (χ1n) is 4.75. The molecule has 2 N–H and O–H groups in total. The van der Waals surface area contributed by atoms with Gasteiger partial charge >= 0.3 is 5.69 Å². The van der Waals surface area contributed by atoms with E-state index in [1.165, 1.54) is 0 Å². The molecule has 1 saturated heterocycles. The van der Waals surface area contributed by atoms with Crippen molar-refractivity contribution in [1.82, 2.24) is 10.3 Å². The number of nitro groups is 1. The number of rotatable bonds is 3. The second kappa shape index (κ2) is 3.82. The lowest BCUT2D eigenvalue weighted by Crippen LogP contribution is -2.51. The maximum atomic E-state index is 10.8. The molecule has 1 aromatic rings. The summed E-state index contributed by atoms with van der Waals surface area (Å²) in [4.78, 5) is 14.5. The summed E-state index contributed by atoms with van der Waals surface area (Å²) in [7, 11) is 0. The Labute approximate surface area is 86.9 Å². The summed E-state index contributed by atoms with van der Waals surface area (Å²) in [5, 5.41) is 17.0. The lowest BCUT2D eigenvalue weighted by Gasteiger charge is -2.28.